The van der Waals surface area contributed by atoms with Gasteiger partial charge in [0.05, 0.1) is 5.69 Å². The SMILES string of the molecule is Cc1ccc(=O)n(CC(=O)NCC2(Cc3ccccc3)CCC2)n1. The van der Waals surface area contributed by atoms with Crippen molar-refractivity contribution in [3.8, 4) is 0 Å². The van der Waals surface area contributed by atoms with Gasteiger partial charge in [-0.25, -0.2) is 4.68 Å². The Hall–Kier alpha value is -2.43. The highest BCUT2D eigenvalue weighted by Crippen LogP contribution is 2.43. The maximum Gasteiger partial charge on any atom is 0.267 e. The number of amides is 1. The van der Waals surface area contributed by atoms with Crippen LogP contribution in [0.4, 0.5) is 0 Å². The molecule has 0 radical (unpaired) electrons. The predicted octanol–water partition coefficient (Wildman–Crippen LogP) is 2.08. The maximum absolute atomic E-state index is 12.2. The van der Waals surface area contributed by atoms with E-state index in [1.54, 1.807) is 13.0 Å². The second-order valence-electron chi connectivity index (χ2n) is 6.76. The van der Waals surface area contributed by atoms with E-state index in [9.17, 15) is 9.59 Å². The Morgan fingerprint density at radius 3 is 2.62 bits per heavy atom. The molecule has 1 aliphatic carbocycles. The van der Waals surface area contributed by atoms with Crippen molar-refractivity contribution in [1.82, 2.24) is 15.1 Å². The van der Waals surface area contributed by atoms with Gasteiger partial charge in [0, 0.05) is 12.6 Å². The molecule has 1 aromatic carbocycles. The van der Waals surface area contributed by atoms with E-state index in [4.69, 9.17) is 0 Å². The van der Waals surface area contributed by atoms with E-state index in [2.05, 4.69) is 34.7 Å². The summed E-state index contributed by atoms with van der Waals surface area (Å²) in [5, 5.41) is 7.10. The summed E-state index contributed by atoms with van der Waals surface area (Å²) in [5.41, 5.74) is 1.94. The molecule has 5 heteroatoms. The lowest BCUT2D eigenvalue weighted by Crippen LogP contribution is -2.45. The first kappa shape index (κ1) is 16.4. The Kier molecular flexibility index (Phi) is 4.79. The molecule has 126 valence electrons. The van der Waals surface area contributed by atoms with Gasteiger partial charge in [0.25, 0.3) is 5.56 Å². The van der Waals surface area contributed by atoms with Crippen molar-refractivity contribution in [2.24, 2.45) is 5.41 Å². The largest absolute Gasteiger partial charge is 0.354 e. The van der Waals surface area contributed by atoms with Gasteiger partial charge in [-0.3, -0.25) is 9.59 Å². The van der Waals surface area contributed by atoms with E-state index < -0.39 is 0 Å². The summed E-state index contributed by atoms with van der Waals surface area (Å²) in [6, 6.07) is 13.5. The summed E-state index contributed by atoms with van der Waals surface area (Å²) >= 11 is 0. The van der Waals surface area contributed by atoms with Gasteiger partial charge in [0.1, 0.15) is 6.54 Å². The number of hydrogen-bond donors (Lipinski definition) is 1. The van der Waals surface area contributed by atoms with Gasteiger partial charge in [0.2, 0.25) is 5.91 Å². The van der Waals surface area contributed by atoms with Crippen molar-refractivity contribution in [1.29, 1.82) is 0 Å². The van der Waals surface area contributed by atoms with Crippen molar-refractivity contribution < 1.29 is 4.79 Å². The minimum atomic E-state index is -0.251. The molecule has 0 bridgehead atoms. The van der Waals surface area contributed by atoms with Gasteiger partial charge in [-0.1, -0.05) is 36.8 Å². The molecule has 0 spiro atoms. The van der Waals surface area contributed by atoms with E-state index in [0.717, 1.165) is 25.0 Å². The Balaban J connectivity index is 1.58. The van der Waals surface area contributed by atoms with E-state index in [1.807, 2.05) is 6.07 Å². The molecule has 0 atom stereocenters. The number of nitrogens with one attached hydrogen (secondary N) is 1. The molecule has 1 fully saturated rings. The first-order chi connectivity index (χ1) is 11.6. The zero-order valence-corrected chi connectivity index (χ0v) is 14.0. The fourth-order valence-electron chi connectivity index (χ4n) is 3.26. The van der Waals surface area contributed by atoms with Crippen LogP contribution in [0.1, 0.15) is 30.5 Å². The topological polar surface area (TPSA) is 64.0 Å². The summed E-state index contributed by atoms with van der Waals surface area (Å²) in [5.74, 6) is -0.158. The molecule has 1 aliphatic rings. The van der Waals surface area contributed by atoms with Gasteiger partial charge >= 0.3 is 0 Å². The van der Waals surface area contributed by atoms with Gasteiger partial charge in [0.15, 0.2) is 0 Å². The molecule has 5 nitrogen and oxygen atoms in total. The summed E-state index contributed by atoms with van der Waals surface area (Å²) in [4.78, 5) is 23.9. The smallest absolute Gasteiger partial charge is 0.267 e. The second kappa shape index (κ2) is 6.99. The second-order valence-corrected chi connectivity index (χ2v) is 6.76. The molecule has 2 aromatic rings. The van der Waals surface area contributed by atoms with Crippen LogP contribution in [0.2, 0.25) is 0 Å². The summed E-state index contributed by atoms with van der Waals surface area (Å²) < 4.78 is 1.22. The maximum atomic E-state index is 12.2. The number of rotatable bonds is 6. The van der Waals surface area contributed by atoms with Gasteiger partial charge in [-0.2, -0.15) is 5.10 Å². The minimum Gasteiger partial charge on any atom is -0.354 e. The lowest BCUT2D eigenvalue weighted by atomic mass is 9.65. The molecule has 0 saturated heterocycles. The lowest BCUT2D eigenvalue weighted by molar-refractivity contribution is -0.122. The highest BCUT2D eigenvalue weighted by atomic mass is 16.2. The van der Waals surface area contributed by atoms with E-state index in [1.165, 1.54) is 22.7 Å². The average molecular weight is 325 g/mol. The van der Waals surface area contributed by atoms with Crippen molar-refractivity contribution >= 4 is 5.91 Å². The predicted molar refractivity (Wildman–Crippen MR) is 92.7 cm³/mol. The fraction of sp³-hybridized carbons (Fsp3) is 0.421. The molecule has 0 unspecified atom stereocenters. The summed E-state index contributed by atoms with van der Waals surface area (Å²) in [6.07, 6.45) is 4.45. The van der Waals surface area contributed by atoms with E-state index in [0.29, 0.717) is 6.54 Å². The number of benzene rings is 1. The highest BCUT2D eigenvalue weighted by molar-refractivity contribution is 5.75. The van der Waals surface area contributed by atoms with Crippen molar-refractivity contribution in [3.63, 3.8) is 0 Å². The Morgan fingerprint density at radius 1 is 1.21 bits per heavy atom. The first-order valence-corrected chi connectivity index (χ1v) is 8.42. The molecule has 0 aliphatic heterocycles. The number of aryl methyl sites for hydroxylation is 1. The Morgan fingerprint density at radius 2 is 1.96 bits per heavy atom. The van der Waals surface area contributed by atoms with Crippen LogP contribution in [0.25, 0.3) is 0 Å². The number of carbonyl (C=O) groups is 1. The van der Waals surface area contributed by atoms with Crippen molar-refractivity contribution in [2.75, 3.05) is 6.54 Å². The molecular formula is C19H23N3O2. The highest BCUT2D eigenvalue weighted by Gasteiger charge is 2.37. The number of hydrogen-bond acceptors (Lipinski definition) is 3. The molecule has 1 heterocycles. The van der Waals surface area contributed by atoms with Crippen LogP contribution in [-0.2, 0) is 17.8 Å². The normalized spacial score (nSPS) is 15.5. The van der Waals surface area contributed by atoms with Gasteiger partial charge in [-0.05, 0) is 43.2 Å². The van der Waals surface area contributed by atoms with Gasteiger partial charge in [-0.15, -0.1) is 0 Å². The van der Waals surface area contributed by atoms with Crippen LogP contribution >= 0.6 is 0 Å². The van der Waals surface area contributed by atoms with Crippen LogP contribution in [0.5, 0.6) is 0 Å². The zero-order chi connectivity index (χ0) is 17.0. The lowest BCUT2D eigenvalue weighted by Gasteiger charge is -2.42. The third kappa shape index (κ3) is 3.91. The fourth-order valence-corrected chi connectivity index (χ4v) is 3.26. The molecule has 1 amide bonds. The quantitative estimate of drug-likeness (QED) is 0.884. The van der Waals surface area contributed by atoms with Crippen LogP contribution in [-0.4, -0.2) is 22.2 Å². The molecular weight excluding hydrogens is 302 g/mol. The van der Waals surface area contributed by atoms with E-state index >= 15 is 0 Å². The molecule has 3 rings (SSSR count). The number of carbonyl (C=O) groups excluding carboxylic acids is 1. The van der Waals surface area contributed by atoms with Crippen LogP contribution < -0.4 is 10.9 Å². The monoisotopic (exact) mass is 325 g/mol. The molecule has 1 saturated carbocycles. The third-order valence-corrected chi connectivity index (χ3v) is 4.79. The van der Waals surface area contributed by atoms with Gasteiger partial charge < -0.3 is 5.32 Å². The average Bonchev–Trinajstić information content (AvgIpc) is 2.54. The van der Waals surface area contributed by atoms with Crippen molar-refractivity contribution in [3.05, 3.63) is 64.1 Å². The summed E-state index contributed by atoms with van der Waals surface area (Å²) in [6.45, 7) is 2.43. The van der Waals surface area contributed by atoms with Crippen molar-refractivity contribution in [2.45, 2.75) is 39.2 Å². The summed E-state index contributed by atoms with van der Waals surface area (Å²) in [7, 11) is 0. The molecule has 1 aromatic heterocycles. The van der Waals surface area contributed by atoms with E-state index in [-0.39, 0.29) is 23.4 Å². The third-order valence-electron chi connectivity index (χ3n) is 4.79. The zero-order valence-electron chi connectivity index (χ0n) is 14.0. The van der Waals surface area contributed by atoms with Crippen LogP contribution in [0, 0.1) is 12.3 Å². The first-order valence-electron chi connectivity index (χ1n) is 8.42. The standard InChI is InChI=1S/C19H23N3O2/c1-15-8-9-18(24)22(21-15)13-17(23)20-14-19(10-5-11-19)12-16-6-3-2-4-7-16/h2-4,6-9H,5,10-14H2,1H3,(H,20,23). The van der Waals surface area contributed by atoms with Crippen LogP contribution in [0.15, 0.2) is 47.3 Å². The molecule has 1 N–H and O–H groups in total. The Bertz CT molecular complexity index is 764. The number of aromatic nitrogens is 2. The minimum absolute atomic E-state index is 0.0259. The molecule has 24 heavy (non-hydrogen) atoms. The van der Waals surface area contributed by atoms with Crippen LogP contribution in [0.3, 0.4) is 0 Å². The number of nitrogens with zero attached hydrogens (tertiary/aromatic N) is 2. The Labute approximate surface area is 141 Å².